The highest BCUT2D eigenvalue weighted by atomic mass is 19.1. The third-order valence-electron chi connectivity index (χ3n) is 3.25. The molecule has 1 aromatic carbocycles. The second kappa shape index (κ2) is 4.71. The van der Waals surface area contributed by atoms with E-state index in [1.807, 2.05) is 13.8 Å². The Morgan fingerprint density at radius 1 is 1.20 bits per heavy atom. The highest BCUT2D eigenvalue weighted by Crippen LogP contribution is 2.32. The first kappa shape index (κ1) is 12.1. The Hall–Kier alpha value is -0.960. The minimum atomic E-state index is -0.547. The Kier molecular flexibility index (Phi) is 3.80. The molecule has 15 heavy (non-hydrogen) atoms. The minimum absolute atomic E-state index is 0.363. The van der Waals surface area contributed by atoms with Crippen LogP contribution in [0.3, 0.4) is 0 Å². The highest BCUT2D eigenvalue weighted by molar-refractivity contribution is 5.28. The molecule has 1 nitrogen and oxygen atoms in total. The first-order valence-corrected chi connectivity index (χ1v) is 5.25. The zero-order valence-corrected chi connectivity index (χ0v) is 9.19. The number of nitrogens with two attached hydrogens (primary N) is 1. The zero-order chi connectivity index (χ0) is 11.5. The van der Waals surface area contributed by atoms with Crippen molar-refractivity contribution in [2.75, 3.05) is 6.54 Å². The van der Waals surface area contributed by atoms with Gasteiger partial charge in [0.2, 0.25) is 0 Å². The summed E-state index contributed by atoms with van der Waals surface area (Å²) in [6.07, 6.45) is 1.51. The normalized spacial score (nSPS) is 11.8. The minimum Gasteiger partial charge on any atom is -0.330 e. The molecule has 0 spiro atoms. The predicted molar refractivity (Wildman–Crippen MR) is 57.7 cm³/mol. The second-order valence-electron chi connectivity index (χ2n) is 3.82. The molecule has 84 valence electrons. The smallest absolute Gasteiger partial charge is 0.129 e. The van der Waals surface area contributed by atoms with Crippen LogP contribution in [-0.2, 0) is 5.41 Å². The van der Waals surface area contributed by atoms with Crippen molar-refractivity contribution in [3.63, 3.8) is 0 Å². The van der Waals surface area contributed by atoms with E-state index in [-0.39, 0.29) is 5.41 Å². The van der Waals surface area contributed by atoms with Gasteiger partial charge in [0.15, 0.2) is 0 Å². The van der Waals surface area contributed by atoms with Gasteiger partial charge >= 0.3 is 0 Å². The summed E-state index contributed by atoms with van der Waals surface area (Å²) in [7, 11) is 0. The first-order chi connectivity index (χ1) is 7.09. The Morgan fingerprint density at radius 2 is 1.80 bits per heavy atom. The van der Waals surface area contributed by atoms with E-state index in [0.717, 1.165) is 18.9 Å². The summed E-state index contributed by atoms with van der Waals surface area (Å²) in [6.45, 7) is 4.32. The largest absolute Gasteiger partial charge is 0.330 e. The number of benzene rings is 1. The first-order valence-electron chi connectivity index (χ1n) is 5.25. The molecule has 1 aromatic rings. The van der Waals surface area contributed by atoms with Crippen LogP contribution in [0, 0.1) is 11.6 Å². The molecule has 0 aliphatic heterocycles. The third kappa shape index (κ3) is 2.17. The molecule has 0 radical (unpaired) electrons. The average molecular weight is 213 g/mol. The molecule has 1 rings (SSSR count). The van der Waals surface area contributed by atoms with E-state index in [0.29, 0.717) is 12.1 Å². The summed E-state index contributed by atoms with van der Waals surface area (Å²) >= 11 is 0. The van der Waals surface area contributed by atoms with Crippen molar-refractivity contribution < 1.29 is 8.78 Å². The topological polar surface area (TPSA) is 26.0 Å². The van der Waals surface area contributed by atoms with Crippen molar-refractivity contribution in [3.8, 4) is 0 Å². The van der Waals surface area contributed by atoms with E-state index in [1.165, 1.54) is 12.1 Å². The monoisotopic (exact) mass is 213 g/mol. The standard InChI is InChI=1S/C12H17F2N/c1-3-12(4-2,8-15)10-6-5-9(13)7-11(10)14/h5-7H,3-4,8,15H2,1-2H3. The molecule has 0 aliphatic carbocycles. The van der Waals surface area contributed by atoms with E-state index < -0.39 is 11.6 Å². The molecule has 0 fully saturated rings. The van der Waals surface area contributed by atoms with Crippen LogP contribution in [0.25, 0.3) is 0 Å². The number of rotatable bonds is 4. The molecule has 0 bridgehead atoms. The molecule has 0 aromatic heterocycles. The Morgan fingerprint density at radius 3 is 2.20 bits per heavy atom. The van der Waals surface area contributed by atoms with Gasteiger partial charge in [-0.15, -0.1) is 0 Å². The summed E-state index contributed by atoms with van der Waals surface area (Å²) in [5.41, 5.74) is 5.87. The fourth-order valence-electron chi connectivity index (χ4n) is 1.95. The molecular formula is C12H17F2N. The van der Waals surface area contributed by atoms with Crippen molar-refractivity contribution in [2.45, 2.75) is 32.1 Å². The van der Waals surface area contributed by atoms with E-state index in [1.54, 1.807) is 0 Å². The van der Waals surface area contributed by atoms with Gasteiger partial charge in [-0.1, -0.05) is 19.9 Å². The molecule has 0 heterocycles. The zero-order valence-electron chi connectivity index (χ0n) is 9.19. The van der Waals surface area contributed by atoms with Crippen LogP contribution in [0.15, 0.2) is 18.2 Å². The van der Waals surface area contributed by atoms with E-state index in [4.69, 9.17) is 5.73 Å². The van der Waals surface area contributed by atoms with Gasteiger partial charge in [0.25, 0.3) is 0 Å². The van der Waals surface area contributed by atoms with Crippen molar-refractivity contribution in [1.29, 1.82) is 0 Å². The lowest BCUT2D eigenvalue weighted by molar-refractivity contribution is 0.385. The van der Waals surface area contributed by atoms with Crippen molar-refractivity contribution in [1.82, 2.24) is 0 Å². The fraction of sp³-hybridized carbons (Fsp3) is 0.500. The molecule has 0 unspecified atom stereocenters. The Balaban J connectivity index is 3.22. The van der Waals surface area contributed by atoms with Crippen LogP contribution in [0.2, 0.25) is 0 Å². The predicted octanol–water partition coefficient (Wildman–Crippen LogP) is 2.98. The van der Waals surface area contributed by atoms with Gasteiger partial charge in [-0.25, -0.2) is 8.78 Å². The van der Waals surface area contributed by atoms with Crippen LogP contribution in [-0.4, -0.2) is 6.54 Å². The van der Waals surface area contributed by atoms with Crippen molar-refractivity contribution >= 4 is 0 Å². The van der Waals surface area contributed by atoms with Gasteiger partial charge in [0.1, 0.15) is 11.6 Å². The van der Waals surface area contributed by atoms with E-state index in [2.05, 4.69) is 0 Å². The van der Waals surface area contributed by atoms with Gasteiger partial charge < -0.3 is 5.73 Å². The third-order valence-corrected chi connectivity index (χ3v) is 3.25. The Labute approximate surface area is 89.3 Å². The summed E-state index contributed by atoms with van der Waals surface area (Å²) in [5, 5.41) is 0. The second-order valence-corrected chi connectivity index (χ2v) is 3.82. The number of halogens is 2. The SMILES string of the molecule is CCC(CC)(CN)c1ccc(F)cc1F. The summed E-state index contributed by atoms with van der Waals surface area (Å²) < 4.78 is 26.4. The molecular weight excluding hydrogens is 196 g/mol. The van der Waals surface area contributed by atoms with Gasteiger partial charge in [-0.3, -0.25) is 0 Å². The van der Waals surface area contributed by atoms with Crippen LogP contribution in [0.5, 0.6) is 0 Å². The summed E-state index contributed by atoms with van der Waals surface area (Å²) in [6, 6.07) is 3.71. The average Bonchev–Trinajstić information content (AvgIpc) is 2.23. The molecule has 0 saturated heterocycles. The van der Waals surface area contributed by atoms with E-state index in [9.17, 15) is 8.78 Å². The van der Waals surface area contributed by atoms with Crippen molar-refractivity contribution in [3.05, 3.63) is 35.4 Å². The van der Waals surface area contributed by atoms with Crippen LogP contribution < -0.4 is 5.73 Å². The quantitative estimate of drug-likeness (QED) is 0.817. The molecule has 0 amide bonds. The maximum absolute atomic E-state index is 13.6. The highest BCUT2D eigenvalue weighted by Gasteiger charge is 2.29. The van der Waals surface area contributed by atoms with E-state index >= 15 is 0 Å². The van der Waals surface area contributed by atoms with Gasteiger partial charge in [0.05, 0.1) is 0 Å². The number of hydrogen-bond donors (Lipinski definition) is 1. The maximum atomic E-state index is 13.6. The van der Waals surface area contributed by atoms with Gasteiger partial charge in [-0.2, -0.15) is 0 Å². The lowest BCUT2D eigenvalue weighted by Crippen LogP contribution is -2.34. The fourth-order valence-corrected chi connectivity index (χ4v) is 1.95. The van der Waals surface area contributed by atoms with Crippen LogP contribution >= 0.6 is 0 Å². The molecule has 2 N–H and O–H groups in total. The molecule has 0 aliphatic rings. The molecule has 0 atom stereocenters. The number of hydrogen-bond acceptors (Lipinski definition) is 1. The molecule has 3 heteroatoms. The van der Waals surface area contributed by atoms with Crippen LogP contribution in [0.4, 0.5) is 8.78 Å². The van der Waals surface area contributed by atoms with Gasteiger partial charge in [-0.05, 0) is 24.5 Å². The van der Waals surface area contributed by atoms with Crippen LogP contribution in [0.1, 0.15) is 32.3 Å². The Bertz CT molecular complexity index is 324. The maximum Gasteiger partial charge on any atom is 0.129 e. The van der Waals surface area contributed by atoms with Gasteiger partial charge in [0, 0.05) is 18.0 Å². The van der Waals surface area contributed by atoms with Crippen molar-refractivity contribution in [2.24, 2.45) is 5.73 Å². The summed E-state index contributed by atoms with van der Waals surface area (Å²) in [5.74, 6) is -1.04. The lowest BCUT2D eigenvalue weighted by Gasteiger charge is -2.31. The lowest BCUT2D eigenvalue weighted by atomic mass is 9.76. The molecule has 0 saturated carbocycles. The summed E-state index contributed by atoms with van der Waals surface area (Å²) in [4.78, 5) is 0.